The SMILES string of the molecule is FC1(CSc2ccccc2)CCCNCC1. The summed E-state index contributed by atoms with van der Waals surface area (Å²) in [6.45, 7) is 1.77. The van der Waals surface area contributed by atoms with E-state index in [-0.39, 0.29) is 0 Å². The Labute approximate surface area is 101 Å². The lowest BCUT2D eigenvalue weighted by Gasteiger charge is -2.22. The number of alkyl halides is 1. The molecular formula is C13H18FNS. The van der Waals surface area contributed by atoms with Crippen molar-refractivity contribution in [2.45, 2.75) is 29.8 Å². The van der Waals surface area contributed by atoms with Crippen LogP contribution in [0.3, 0.4) is 0 Å². The van der Waals surface area contributed by atoms with Gasteiger partial charge in [-0.25, -0.2) is 4.39 Å². The van der Waals surface area contributed by atoms with E-state index in [1.807, 2.05) is 30.3 Å². The van der Waals surface area contributed by atoms with Crippen LogP contribution in [0, 0.1) is 0 Å². The Morgan fingerprint density at radius 1 is 1.19 bits per heavy atom. The molecule has 0 amide bonds. The van der Waals surface area contributed by atoms with E-state index in [9.17, 15) is 4.39 Å². The van der Waals surface area contributed by atoms with Gasteiger partial charge in [-0.2, -0.15) is 0 Å². The number of thioether (sulfide) groups is 1. The molecule has 16 heavy (non-hydrogen) atoms. The van der Waals surface area contributed by atoms with Crippen molar-refractivity contribution in [1.29, 1.82) is 0 Å². The van der Waals surface area contributed by atoms with Crippen LogP contribution in [0.25, 0.3) is 0 Å². The highest BCUT2D eigenvalue weighted by molar-refractivity contribution is 7.99. The Morgan fingerprint density at radius 3 is 2.81 bits per heavy atom. The normalized spacial score (nSPS) is 26.3. The van der Waals surface area contributed by atoms with Gasteiger partial charge in [-0.15, -0.1) is 11.8 Å². The standard InChI is InChI=1S/C13H18FNS/c14-13(7-4-9-15-10-8-13)11-16-12-5-2-1-3-6-12/h1-3,5-6,15H,4,7-11H2. The summed E-state index contributed by atoms with van der Waals surface area (Å²) in [7, 11) is 0. The molecule has 1 heterocycles. The smallest absolute Gasteiger partial charge is 0.121 e. The first-order valence-corrected chi connectivity index (χ1v) is 6.85. The Kier molecular flexibility index (Phi) is 4.24. The molecule has 2 rings (SSSR count). The van der Waals surface area contributed by atoms with E-state index in [2.05, 4.69) is 5.32 Å². The fourth-order valence-electron chi connectivity index (χ4n) is 1.97. The van der Waals surface area contributed by atoms with E-state index >= 15 is 0 Å². The molecule has 1 unspecified atom stereocenters. The van der Waals surface area contributed by atoms with Gasteiger partial charge in [0.1, 0.15) is 5.67 Å². The van der Waals surface area contributed by atoms with Crippen LogP contribution >= 0.6 is 11.8 Å². The molecule has 0 bridgehead atoms. The van der Waals surface area contributed by atoms with Gasteiger partial charge in [0.05, 0.1) is 0 Å². The fourth-order valence-corrected chi connectivity index (χ4v) is 3.03. The van der Waals surface area contributed by atoms with Crippen LogP contribution in [-0.2, 0) is 0 Å². The topological polar surface area (TPSA) is 12.0 Å². The Bertz CT molecular complexity index is 307. The molecule has 1 aromatic rings. The quantitative estimate of drug-likeness (QED) is 0.813. The number of hydrogen-bond acceptors (Lipinski definition) is 2. The fraction of sp³-hybridized carbons (Fsp3) is 0.538. The maximum absolute atomic E-state index is 14.5. The van der Waals surface area contributed by atoms with Gasteiger partial charge >= 0.3 is 0 Å². The minimum absolute atomic E-state index is 0.582. The molecule has 3 heteroatoms. The van der Waals surface area contributed by atoms with Gasteiger partial charge in [0.2, 0.25) is 0 Å². The summed E-state index contributed by atoms with van der Waals surface area (Å²) in [5.41, 5.74) is -0.982. The predicted octanol–water partition coefficient (Wildman–Crippen LogP) is 3.26. The summed E-state index contributed by atoms with van der Waals surface area (Å²) < 4.78 is 14.5. The molecule has 0 radical (unpaired) electrons. The number of hydrogen-bond donors (Lipinski definition) is 1. The maximum Gasteiger partial charge on any atom is 0.121 e. The van der Waals surface area contributed by atoms with Crippen LogP contribution in [0.15, 0.2) is 35.2 Å². The summed E-state index contributed by atoms with van der Waals surface area (Å²) >= 11 is 1.63. The Hall–Kier alpha value is -0.540. The summed E-state index contributed by atoms with van der Waals surface area (Å²) in [4.78, 5) is 1.16. The molecule has 0 aromatic heterocycles. The Morgan fingerprint density at radius 2 is 2.00 bits per heavy atom. The van der Waals surface area contributed by atoms with E-state index < -0.39 is 5.67 Å². The molecule has 88 valence electrons. The average molecular weight is 239 g/mol. The molecular weight excluding hydrogens is 221 g/mol. The lowest BCUT2D eigenvalue weighted by atomic mass is 10.00. The number of benzene rings is 1. The van der Waals surface area contributed by atoms with Gasteiger partial charge < -0.3 is 5.32 Å². The van der Waals surface area contributed by atoms with Crippen LogP contribution in [-0.4, -0.2) is 24.5 Å². The number of rotatable bonds is 3. The highest BCUT2D eigenvalue weighted by atomic mass is 32.2. The number of nitrogens with one attached hydrogen (secondary N) is 1. The minimum Gasteiger partial charge on any atom is -0.317 e. The first-order chi connectivity index (χ1) is 7.79. The first kappa shape index (κ1) is 11.9. The highest BCUT2D eigenvalue weighted by Crippen LogP contribution is 2.31. The zero-order chi connectivity index (χ0) is 11.3. The van der Waals surface area contributed by atoms with Gasteiger partial charge in [-0.1, -0.05) is 18.2 Å². The monoisotopic (exact) mass is 239 g/mol. The molecule has 1 saturated heterocycles. The van der Waals surface area contributed by atoms with Crippen molar-refractivity contribution in [2.75, 3.05) is 18.8 Å². The Balaban J connectivity index is 1.88. The molecule has 1 aliphatic rings. The summed E-state index contributed by atoms with van der Waals surface area (Å²) in [5.74, 6) is 0.582. The van der Waals surface area contributed by atoms with E-state index in [0.29, 0.717) is 18.6 Å². The lowest BCUT2D eigenvalue weighted by molar-refractivity contribution is 0.176. The minimum atomic E-state index is -0.982. The third kappa shape index (κ3) is 3.49. The summed E-state index contributed by atoms with van der Waals surface area (Å²) in [5, 5.41) is 3.25. The van der Waals surface area contributed by atoms with E-state index in [1.54, 1.807) is 11.8 Å². The first-order valence-electron chi connectivity index (χ1n) is 5.86. The number of halogens is 1. The second-order valence-corrected chi connectivity index (χ2v) is 5.40. The van der Waals surface area contributed by atoms with Crippen molar-refractivity contribution < 1.29 is 4.39 Å². The second kappa shape index (κ2) is 5.69. The summed E-state index contributed by atoms with van der Waals surface area (Å²) in [6.07, 6.45) is 2.29. The van der Waals surface area contributed by atoms with E-state index in [4.69, 9.17) is 0 Å². The second-order valence-electron chi connectivity index (χ2n) is 4.36. The molecule has 1 aliphatic heterocycles. The average Bonchev–Trinajstić information content (AvgIpc) is 2.54. The molecule has 1 N–H and O–H groups in total. The largest absolute Gasteiger partial charge is 0.317 e. The van der Waals surface area contributed by atoms with Crippen LogP contribution in [0.1, 0.15) is 19.3 Å². The molecule has 0 aliphatic carbocycles. The third-order valence-electron chi connectivity index (χ3n) is 2.97. The molecule has 1 nitrogen and oxygen atoms in total. The zero-order valence-corrected chi connectivity index (χ0v) is 10.2. The third-order valence-corrected chi connectivity index (χ3v) is 4.24. The molecule has 1 atom stereocenters. The van der Waals surface area contributed by atoms with Crippen molar-refractivity contribution in [3.8, 4) is 0 Å². The van der Waals surface area contributed by atoms with E-state index in [0.717, 1.165) is 24.4 Å². The summed E-state index contributed by atoms with van der Waals surface area (Å²) in [6, 6.07) is 10.1. The van der Waals surface area contributed by atoms with Gasteiger partial charge in [0, 0.05) is 10.6 Å². The lowest BCUT2D eigenvalue weighted by Crippen LogP contribution is -2.27. The van der Waals surface area contributed by atoms with Gasteiger partial charge in [-0.3, -0.25) is 0 Å². The molecule has 0 spiro atoms. The molecule has 0 saturated carbocycles. The van der Waals surface area contributed by atoms with E-state index in [1.165, 1.54) is 0 Å². The van der Waals surface area contributed by atoms with Crippen molar-refractivity contribution in [3.63, 3.8) is 0 Å². The van der Waals surface area contributed by atoms with Gasteiger partial charge in [-0.05, 0) is 44.5 Å². The zero-order valence-electron chi connectivity index (χ0n) is 9.42. The van der Waals surface area contributed by atoms with Crippen LogP contribution < -0.4 is 5.32 Å². The predicted molar refractivity (Wildman–Crippen MR) is 67.7 cm³/mol. The van der Waals surface area contributed by atoms with Crippen molar-refractivity contribution in [1.82, 2.24) is 5.32 Å². The van der Waals surface area contributed by atoms with Crippen molar-refractivity contribution in [3.05, 3.63) is 30.3 Å². The molecule has 1 fully saturated rings. The van der Waals surface area contributed by atoms with Crippen LogP contribution in [0.5, 0.6) is 0 Å². The van der Waals surface area contributed by atoms with Gasteiger partial charge in [0.15, 0.2) is 0 Å². The highest BCUT2D eigenvalue weighted by Gasteiger charge is 2.30. The van der Waals surface area contributed by atoms with Crippen molar-refractivity contribution in [2.24, 2.45) is 0 Å². The van der Waals surface area contributed by atoms with Gasteiger partial charge in [0.25, 0.3) is 0 Å². The van der Waals surface area contributed by atoms with Crippen molar-refractivity contribution >= 4 is 11.8 Å². The molecule has 1 aromatic carbocycles. The van der Waals surface area contributed by atoms with Crippen LogP contribution in [0.2, 0.25) is 0 Å². The maximum atomic E-state index is 14.5. The van der Waals surface area contributed by atoms with Crippen LogP contribution in [0.4, 0.5) is 4.39 Å².